The number of benzene rings is 2. The van der Waals surface area contributed by atoms with Crippen LogP contribution in [0.3, 0.4) is 0 Å². The first-order valence-electron chi connectivity index (χ1n) is 10.9. The molecule has 0 atom stereocenters. The molecule has 0 fully saturated rings. The van der Waals surface area contributed by atoms with Crippen molar-refractivity contribution in [2.24, 2.45) is 0 Å². The van der Waals surface area contributed by atoms with Crippen molar-refractivity contribution in [2.75, 3.05) is 0 Å². The van der Waals surface area contributed by atoms with E-state index in [9.17, 15) is 23.1 Å². The molecule has 10 heteroatoms. The maximum Gasteiger partial charge on any atom is 0.404 e. The fourth-order valence-corrected chi connectivity index (χ4v) is 6.03. The average Bonchev–Trinajstić information content (AvgIpc) is 3.40. The molecule has 0 aliphatic rings. The number of nitrogens with zero attached hydrogens (tertiary/aromatic N) is 3. The summed E-state index contributed by atoms with van der Waals surface area (Å²) in [6, 6.07) is 18.7. The highest BCUT2D eigenvalue weighted by atomic mass is 32.1. The van der Waals surface area contributed by atoms with Crippen molar-refractivity contribution in [3.63, 3.8) is 0 Å². The van der Waals surface area contributed by atoms with Crippen LogP contribution in [0.2, 0.25) is 0 Å². The molecule has 0 bridgehead atoms. The van der Waals surface area contributed by atoms with Gasteiger partial charge in [-0.15, -0.1) is 0 Å². The molecule has 182 valence electrons. The van der Waals surface area contributed by atoms with Gasteiger partial charge in [-0.25, -0.2) is 4.98 Å². The summed E-state index contributed by atoms with van der Waals surface area (Å²) in [7, 11) is 0. The number of thiazole rings is 2. The molecule has 2 aromatic carbocycles. The topological polar surface area (TPSA) is 61.3 Å². The molecule has 0 radical (unpaired) electrons. The zero-order chi connectivity index (χ0) is 25.4. The molecular weight excluding hydrogens is 507 g/mol. The van der Waals surface area contributed by atoms with Crippen LogP contribution < -0.4 is 25.1 Å². The molecule has 0 saturated heterocycles. The van der Waals surface area contributed by atoms with Gasteiger partial charge in [-0.3, -0.25) is 9.20 Å². The highest BCUT2D eigenvalue weighted by molar-refractivity contribution is 7.18. The van der Waals surface area contributed by atoms with Gasteiger partial charge in [-0.05, 0) is 30.9 Å². The van der Waals surface area contributed by atoms with Crippen LogP contribution >= 0.6 is 22.7 Å². The third-order valence-electron chi connectivity index (χ3n) is 5.53. The molecule has 0 aliphatic carbocycles. The molecule has 5 rings (SSSR count). The van der Waals surface area contributed by atoms with Crippen LogP contribution in [0.15, 0.2) is 71.5 Å². The molecule has 3 heterocycles. The van der Waals surface area contributed by atoms with E-state index in [-0.39, 0.29) is 4.96 Å². The lowest BCUT2D eigenvalue weighted by atomic mass is 10.1. The Morgan fingerprint density at radius 2 is 1.83 bits per heavy atom. The summed E-state index contributed by atoms with van der Waals surface area (Å²) in [6.45, 7) is 2.80. The Hall–Kier alpha value is -3.76. The summed E-state index contributed by atoms with van der Waals surface area (Å²) in [5.41, 5.74) is 1.28. The summed E-state index contributed by atoms with van der Waals surface area (Å²) >= 11 is 2.05. The summed E-state index contributed by atoms with van der Waals surface area (Å²) in [5.74, 6) is -2.17. The molecule has 0 aliphatic heterocycles. The van der Waals surface area contributed by atoms with E-state index < -0.39 is 22.0 Å². The van der Waals surface area contributed by atoms with E-state index in [0.717, 1.165) is 31.7 Å². The van der Waals surface area contributed by atoms with Crippen molar-refractivity contribution in [1.82, 2.24) is 9.38 Å². The van der Waals surface area contributed by atoms with Crippen LogP contribution in [0.1, 0.15) is 11.9 Å². The van der Waals surface area contributed by atoms with Crippen LogP contribution in [-0.2, 0) is 6.54 Å². The second-order valence-electron chi connectivity index (χ2n) is 7.79. The highest BCUT2D eigenvalue weighted by Gasteiger charge is 2.28. The fraction of sp³-hybridized carbons (Fsp3) is 0.115. The molecule has 0 saturated carbocycles. The lowest BCUT2D eigenvalue weighted by Gasteiger charge is -2.13. The van der Waals surface area contributed by atoms with Crippen LogP contribution in [0, 0.1) is 0 Å². The van der Waals surface area contributed by atoms with Crippen LogP contribution in [0.5, 0.6) is 0 Å². The Morgan fingerprint density at radius 1 is 1.11 bits per heavy atom. The number of allylic oxidation sites excluding steroid dienone is 1. The smallest absolute Gasteiger partial charge is 0.404 e. The van der Waals surface area contributed by atoms with Gasteiger partial charge in [0.25, 0.3) is 10.6 Å². The van der Waals surface area contributed by atoms with Gasteiger partial charge < -0.3 is 5.11 Å². The van der Waals surface area contributed by atoms with E-state index in [2.05, 4.69) is 9.55 Å². The van der Waals surface area contributed by atoms with Gasteiger partial charge in [-0.1, -0.05) is 71.2 Å². The zero-order valence-corrected chi connectivity index (χ0v) is 20.5. The summed E-state index contributed by atoms with van der Waals surface area (Å²) in [6.07, 6.45) is 0.126. The van der Waals surface area contributed by atoms with E-state index in [4.69, 9.17) is 0 Å². The van der Waals surface area contributed by atoms with Crippen molar-refractivity contribution in [3.8, 4) is 11.3 Å². The molecule has 5 aromatic rings. The second-order valence-corrected chi connectivity index (χ2v) is 9.83. The molecule has 0 unspecified atom stereocenters. The summed E-state index contributed by atoms with van der Waals surface area (Å²) in [4.78, 5) is 17.3. The van der Waals surface area contributed by atoms with Gasteiger partial charge in [-0.2, -0.15) is 17.7 Å². The predicted octanol–water partition coefficient (Wildman–Crippen LogP) is 3.47. The minimum absolute atomic E-state index is 0.0130. The quantitative estimate of drug-likeness (QED) is 0.338. The molecule has 0 N–H and O–H groups in total. The molecule has 5 nitrogen and oxygen atoms in total. The average molecular weight is 526 g/mol. The van der Waals surface area contributed by atoms with Crippen molar-refractivity contribution < 1.29 is 22.8 Å². The lowest BCUT2D eigenvalue weighted by molar-refractivity contribution is -0.665. The summed E-state index contributed by atoms with van der Waals surface area (Å²) < 4.78 is 42.7. The van der Waals surface area contributed by atoms with Gasteiger partial charge in [0.2, 0.25) is 5.52 Å². The Labute approximate surface area is 210 Å². The number of halogens is 3. The number of aryl methyl sites for hydroxylation is 1. The SMILES string of the molecule is CC[n+]1c(C=CC=c2cc(-c3ccccc3)nc3sc(=C([O-])C(F)(F)F)c(=O)n23)sc2ccccc21. The number of para-hydroxylation sites is 1. The van der Waals surface area contributed by atoms with Gasteiger partial charge in [0.1, 0.15) is 11.2 Å². The number of rotatable bonds is 4. The number of hydrogen-bond donors (Lipinski definition) is 0. The minimum Gasteiger partial charge on any atom is -0.868 e. The number of alkyl halides is 3. The van der Waals surface area contributed by atoms with Crippen LogP contribution in [0.4, 0.5) is 13.2 Å². The van der Waals surface area contributed by atoms with Gasteiger partial charge in [0.05, 0.1) is 15.6 Å². The molecule has 0 spiro atoms. The largest absolute Gasteiger partial charge is 0.868 e. The lowest BCUT2D eigenvalue weighted by Crippen LogP contribution is -2.38. The van der Waals surface area contributed by atoms with Crippen molar-refractivity contribution in [2.45, 2.75) is 19.6 Å². The Morgan fingerprint density at radius 3 is 2.56 bits per heavy atom. The maximum absolute atomic E-state index is 13.1. The standard InChI is InChI=1S/C26H18F3N3O2S2/c1-2-31-19-12-6-7-13-20(19)35-21(31)14-8-11-17-15-18(16-9-4-3-5-10-16)30-25-32(17)24(34)22(36-25)23(33)26(27,28)29/h3-15H,2H2,1H3. The zero-order valence-electron chi connectivity index (χ0n) is 18.8. The number of hydrogen-bond acceptors (Lipinski definition) is 5. The predicted molar refractivity (Wildman–Crippen MR) is 135 cm³/mol. The fourth-order valence-electron chi connectivity index (χ4n) is 3.89. The normalized spacial score (nSPS) is 13.8. The van der Waals surface area contributed by atoms with E-state index in [1.807, 2.05) is 67.6 Å². The Bertz CT molecular complexity index is 1800. The monoisotopic (exact) mass is 525 g/mol. The van der Waals surface area contributed by atoms with Crippen molar-refractivity contribution in [1.29, 1.82) is 0 Å². The molecule has 0 amide bonds. The second kappa shape index (κ2) is 9.36. The van der Waals surface area contributed by atoms with Crippen molar-refractivity contribution >= 4 is 55.8 Å². The Balaban J connectivity index is 1.74. The number of fused-ring (bicyclic) bond motifs is 2. The molecular formula is C26H18F3N3O2S2. The Kier molecular flexibility index (Phi) is 6.23. The molecule has 36 heavy (non-hydrogen) atoms. The first-order valence-corrected chi connectivity index (χ1v) is 12.6. The van der Waals surface area contributed by atoms with Gasteiger partial charge in [0.15, 0.2) is 4.96 Å². The van der Waals surface area contributed by atoms with Crippen molar-refractivity contribution in [3.05, 3.63) is 92.0 Å². The van der Waals surface area contributed by atoms with Gasteiger partial charge in [0, 0.05) is 17.7 Å². The summed E-state index contributed by atoms with van der Waals surface area (Å²) in [5, 5.41) is 13.2. The molecule has 3 aromatic heterocycles. The third-order valence-corrected chi connectivity index (χ3v) is 7.68. The maximum atomic E-state index is 13.1. The first kappa shape index (κ1) is 24.0. The van der Waals surface area contributed by atoms with E-state index >= 15 is 0 Å². The number of aromatic nitrogens is 3. The minimum atomic E-state index is -5.15. The van der Waals surface area contributed by atoms with E-state index in [1.165, 1.54) is 0 Å². The van der Waals surface area contributed by atoms with Crippen LogP contribution in [-0.4, -0.2) is 15.6 Å². The van der Waals surface area contributed by atoms with Crippen LogP contribution in [0.25, 0.3) is 44.3 Å². The van der Waals surface area contributed by atoms with E-state index in [0.29, 0.717) is 22.4 Å². The van der Waals surface area contributed by atoms with E-state index in [1.54, 1.807) is 29.6 Å². The highest BCUT2D eigenvalue weighted by Crippen LogP contribution is 2.22. The third kappa shape index (κ3) is 4.33. The first-order chi connectivity index (χ1) is 17.3. The van der Waals surface area contributed by atoms with Gasteiger partial charge >= 0.3 is 6.18 Å².